The van der Waals surface area contributed by atoms with E-state index in [1.807, 2.05) is 26.0 Å². The molecule has 24 heavy (non-hydrogen) atoms. The Bertz CT molecular complexity index is 914. The average molecular weight is 359 g/mol. The highest BCUT2D eigenvalue weighted by atomic mass is 32.2. The molecular formula is C17H17N3O2S2. The van der Waals surface area contributed by atoms with Crippen LogP contribution in [0.25, 0.3) is 0 Å². The lowest BCUT2D eigenvalue weighted by Crippen LogP contribution is -2.11. The largest absolute Gasteiger partial charge is 0.340 e. The van der Waals surface area contributed by atoms with Gasteiger partial charge in [0.05, 0.1) is 11.9 Å². The minimum atomic E-state index is -3.54. The van der Waals surface area contributed by atoms with E-state index in [9.17, 15) is 8.42 Å². The lowest BCUT2D eigenvalue weighted by molar-refractivity contribution is 0.603. The molecule has 0 aliphatic rings. The van der Waals surface area contributed by atoms with Gasteiger partial charge in [0, 0.05) is 5.69 Å². The summed E-state index contributed by atoms with van der Waals surface area (Å²) in [7, 11) is -3.54. The maximum absolute atomic E-state index is 12.2. The predicted octanol–water partition coefficient (Wildman–Crippen LogP) is 4.30. The smallest absolute Gasteiger partial charge is 0.271 e. The van der Waals surface area contributed by atoms with E-state index in [0.29, 0.717) is 11.5 Å². The van der Waals surface area contributed by atoms with E-state index in [2.05, 4.69) is 21.1 Å². The molecule has 124 valence electrons. The van der Waals surface area contributed by atoms with Gasteiger partial charge in [-0.15, -0.1) is 11.3 Å². The summed E-state index contributed by atoms with van der Waals surface area (Å²) in [6.07, 6.45) is 1.50. The Kier molecular flexibility index (Phi) is 4.55. The Morgan fingerprint density at radius 2 is 1.75 bits per heavy atom. The summed E-state index contributed by atoms with van der Waals surface area (Å²) >= 11 is 1.17. The standard InChI is InChI=1S/C17H17N3O2S2/c1-12-8-13(2)10-15(9-12)19-16-6-5-14(11-18-16)20-24(21,22)17-4-3-7-23-17/h3-11,20H,1-2H3,(H,18,19). The van der Waals surface area contributed by atoms with Crippen molar-refractivity contribution < 1.29 is 8.42 Å². The molecule has 7 heteroatoms. The van der Waals surface area contributed by atoms with Crippen molar-refractivity contribution in [2.24, 2.45) is 0 Å². The maximum atomic E-state index is 12.2. The number of aryl methyl sites for hydroxylation is 2. The molecule has 2 heterocycles. The molecule has 0 unspecified atom stereocenters. The normalized spacial score (nSPS) is 11.2. The van der Waals surface area contributed by atoms with E-state index in [1.165, 1.54) is 17.5 Å². The summed E-state index contributed by atoms with van der Waals surface area (Å²) in [6.45, 7) is 4.07. The molecule has 5 nitrogen and oxygen atoms in total. The van der Waals surface area contributed by atoms with Gasteiger partial charge >= 0.3 is 0 Å². The average Bonchev–Trinajstić information content (AvgIpc) is 3.03. The van der Waals surface area contributed by atoms with Gasteiger partial charge in [-0.2, -0.15) is 0 Å². The predicted molar refractivity (Wildman–Crippen MR) is 98.6 cm³/mol. The number of nitrogens with one attached hydrogen (secondary N) is 2. The van der Waals surface area contributed by atoms with Crippen LogP contribution < -0.4 is 10.0 Å². The molecule has 3 aromatic rings. The van der Waals surface area contributed by atoms with Gasteiger partial charge < -0.3 is 5.32 Å². The summed E-state index contributed by atoms with van der Waals surface area (Å²) in [5, 5.41) is 4.94. The summed E-state index contributed by atoms with van der Waals surface area (Å²) in [5.41, 5.74) is 3.71. The number of sulfonamides is 1. The Balaban J connectivity index is 1.74. The highest BCUT2D eigenvalue weighted by Crippen LogP contribution is 2.22. The van der Waals surface area contributed by atoms with Gasteiger partial charge in [-0.3, -0.25) is 4.72 Å². The Morgan fingerprint density at radius 3 is 2.33 bits per heavy atom. The Labute approximate surface area is 145 Å². The number of anilines is 3. The molecule has 0 aliphatic heterocycles. The third kappa shape index (κ3) is 3.93. The molecule has 0 saturated carbocycles. The van der Waals surface area contributed by atoms with Gasteiger partial charge in [0.25, 0.3) is 10.0 Å². The first kappa shape index (κ1) is 16.5. The zero-order valence-electron chi connectivity index (χ0n) is 13.3. The van der Waals surface area contributed by atoms with Gasteiger partial charge in [-0.1, -0.05) is 12.1 Å². The first-order chi connectivity index (χ1) is 11.4. The van der Waals surface area contributed by atoms with E-state index in [1.54, 1.807) is 29.6 Å². The first-order valence-electron chi connectivity index (χ1n) is 7.30. The number of aromatic nitrogens is 1. The van der Waals surface area contributed by atoms with Gasteiger partial charge in [-0.25, -0.2) is 13.4 Å². The van der Waals surface area contributed by atoms with E-state index < -0.39 is 10.0 Å². The topological polar surface area (TPSA) is 71.1 Å². The van der Waals surface area contributed by atoms with E-state index in [0.717, 1.165) is 16.8 Å². The van der Waals surface area contributed by atoms with E-state index in [-0.39, 0.29) is 4.21 Å². The van der Waals surface area contributed by atoms with Crippen LogP contribution in [-0.4, -0.2) is 13.4 Å². The van der Waals surface area contributed by atoms with Crippen LogP contribution in [0.3, 0.4) is 0 Å². The third-order valence-corrected chi connectivity index (χ3v) is 6.05. The monoisotopic (exact) mass is 359 g/mol. The van der Waals surface area contributed by atoms with Crippen molar-refractivity contribution in [2.45, 2.75) is 18.1 Å². The Morgan fingerprint density at radius 1 is 1.00 bits per heavy atom. The van der Waals surface area contributed by atoms with Crippen LogP contribution in [0.4, 0.5) is 17.2 Å². The number of hydrogen-bond acceptors (Lipinski definition) is 5. The molecule has 3 rings (SSSR count). The molecule has 0 saturated heterocycles. The van der Waals surface area contributed by atoms with Crippen molar-refractivity contribution in [3.63, 3.8) is 0 Å². The van der Waals surface area contributed by atoms with Crippen molar-refractivity contribution in [1.82, 2.24) is 4.98 Å². The number of rotatable bonds is 5. The van der Waals surface area contributed by atoms with Gasteiger partial charge in [-0.05, 0) is 60.7 Å². The molecule has 0 amide bonds. The zero-order valence-corrected chi connectivity index (χ0v) is 14.9. The molecule has 2 aromatic heterocycles. The van der Waals surface area contributed by atoms with Crippen LogP contribution in [0.1, 0.15) is 11.1 Å². The second-order valence-corrected chi connectivity index (χ2v) is 8.33. The van der Waals surface area contributed by atoms with E-state index >= 15 is 0 Å². The molecule has 1 aromatic carbocycles. The van der Waals surface area contributed by atoms with Crippen LogP contribution in [0.2, 0.25) is 0 Å². The summed E-state index contributed by atoms with van der Waals surface area (Å²) in [4.78, 5) is 4.26. The minimum absolute atomic E-state index is 0.278. The van der Waals surface area contributed by atoms with Crippen LogP contribution in [0.15, 0.2) is 58.3 Å². The van der Waals surface area contributed by atoms with Crippen LogP contribution in [-0.2, 0) is 10.0 Å². The number of hydrogen-bond donors (Lipinski definition) is 2. The van der Waals surface area contributed by atoms with E-state index in [4.69, 9.17) is 0 Å². The van der Waals surface area contributed by atoms with Crippen LogP contribution in [0, 0.1) is 13.8 Å². The summed E-state index contributed by atoms with van der Waals surface area (Å²) in [5.74, 6) is 0.652. The van der Waals surface area contributed by atoms with Crippen molar-refractivity contribution >= 4 is 38.6 Å². The summed E-state index contributed by atoms with van der Waals surface area (Å²) < 4.78 is 27.1. The number of thiophene rings is 1. The van der Waals surface area contributed by atoms with Gasteiger partial charge in [0.15, 0.2) is 0 Å². The number of pyridine rings is 1. The zero-order chi connectivity index (χ0) is 17.2. The molecule has 0 atom stereocenters. The van der Waals surface area contributed by atoms with Crippen molar-refractivity contribution in [3.8, 4) is 0 Å². The molecule has 0 spiro atoms. The molecular weight excluding hydrogens is 342 g/mol. The molecule has 0 bridgehead atoms. The highest BCUT2D eigenvalue weighted by molar-refractivity contribution is 7.94. The Hall–Kier alpha value is -2.38. The quantitative estimate of drug-likeness (QED) is 0.712. The molecule has 0 radical (unpaired) electrons. The maximum Gasteiger partial charge on any atom is 0.271 e. The number of nitrogens with zero attached hydrogens (tertiary/aromatic N) is 1. The van der Waals surface area contributed by atoms with Crippen molar-refractivity contribution in [2.75, 3.05) is 10.0 Å². The fraction of sp³-hybridized carbons (Fsp3) is 0.118. The molecule has 0 aliphatic carbocycles. The number of benzene rings is 1. The molecule has 0 fully saturated rings. The third-order valence-electron chi connectivity index (χ3n) is 3.27. The van der Waals surface area contributed by atoms with Crippen LogP contribution in [0.5, 0.6) is 0 Å². The minimum Gasteiger partial charge on any atom is -0.340 e. The second kappa shape index (κ2) is 6.62. The SMILES string of the molecule is Cc1cc(C)cc(Nc2ccc(NS(=O)(=O)c3cccs3)cn2)c1. The van der Waals surface area contributed by atoms with Crippen molar-refractivity contribution in [3.05, 3.63) is 65.2 Å². The summed E-state index contributed by atoms with van der Waals surface area (Å²) in [6, 6.07) is 12.9. The lowest BCUT2D eigenvalue weighted by Gasteiger charge is -2.09. The highest BCUT2D eigenvalue weighted by Gasteiger charge is 2.15. The fourth-order valence-corrected chi connectivity index (χ4v) is 4.38. The fourth-order valence-electron chi connectivity index (χ4n) is 2.34. The molecule has 2 N–H and O–H groups in total. The van der Waals surface area contributed by atoms with Gasteiger partial charge in [0.1, 0.15) is 10.0 Å². The van der Waals surface area contributed by atoms with Crippen LogP contribution >= 0.6 is 11.3 Å². The second-order valence-electron chi connectivity index (χ2n) is 5.47. The van der Waals surface area contributed by atoms with Gasteiger partial charge in [0.2, 0.25) is 0 Å². The first-order valence-corrected chi connectivity index (χ1v) is 9.66. The van der Waals surface area contributed by atoms with Crippen molar-refractivity contribution in [1.29, 1.82) is 0 Å². The lowest BCUT2D eigenvalue weighted by atomic mass is 10.1.